The monoisotopic (exact) mass is 481 g/mol. The second kappa shape index (κ2) is 10.1. The van der Waals surface area contributed by atoms with Crippen LogP contribution in [0.2, 0.25) is 0 Å². The van der Waals surface area contributed by atoms with E-state index in [-0.39, 0.29) is 10.8 Å². The molecule has 0 aromatic heterocycles. The van der Waals surface area contributed by atoms with Crippen molar-refractivity contribution in [2.45, 2.75) is 11.8 Å². The second-order valence-corrected chi connectivity index (χ2v) is 9.54. The number of morpholine rings is 1. The van der Waals surface area contributed by atoms with Crippen LogP contribution in [0, 0.1) is 6.92 Å². The van der Waals surface area contributed by atoms with Crippen LogP contribution in [0.25, 0.3) is 0 Å². The van der Waals surface area contributed by atoms with Gasteiger partial charge < -0.3 is 19.7 Å². The quantitative estimate of drug-likeness (QED) is 0.531. The van der Waals surface area contributed by atoms with Crippen LogP contribution in [0.1, 0.15) is 15.9 Å². The lowest BCUT2D eigenvalue weighted by atomic mass is 10.1. The molecule has 34 heavy (non-hydrogen) atoms. The molecule has 0 atom stereocenters. The zero-order valence-electron chi connectivity index (χ0n) is 19.1. The van der Waals surface area contributed by atoms with Crippen LogP contribution in [-0.4, -0.2) is 47.7 Å². The number of amides is 1. The molecule has 3 aromatic carbocycles. The number of sulfonamides is 1. The number of carbonyl (C=O) groups excluding carboxylic acids is 1. The fourth-order valence-corrected chi connectivity index (χ4v) is 5.09. The number of benzene rings is 3. The molecule has 9 heteroatoms. The summed E-state index contributed by atoms with van der Waals surface area (Å²) in [7, 11) is -2.44. The number of nitrogens with one attached hydrogen (secondary N) is 2. The van der Waals surface area contributed by atoms with Crippen LogP contribution < -0.4 is 19.7 Å². The number of rotatable bonds is 7. The number of hydrogen-bond donors (Lipinski definition) is 2. The molecule has 1 amide bonds. The molecular weight excluding hydrogens is 454 g/mol. The van der Waals surface area contributed by atoms with Gasteiger partial charge in [-0.2, -0.15) is 0 Å². The first-order chi connectivity index (χ1) is 16.4. The van der Waals surface area contributed by atoms with E-state index < -0.39 is 10.0 Å². The van der Waals surface area contributed by atoms with Crippen LogP contribution in [0.4, 0.5) is 17.1 Å². The van der Waals surface area contributed by atoms with E-state index in [4.69, 9.17) is 9.47 Å². The van der Waals surface area contributed by atoms with Crippen LogP contribution in [0.5, 0.6) is 5.75 Å². The summed E-state index contributed by atoms with van der Waals surface area (Å²) >= 11 is 0. The second-order valence-electron chi connectivity index (χ2n) is 7.89. The number of aryl methyl sites for hydroxylation is 1. The molecule has 0 unspecified atom stereocenters. The number of methoxy groups -OCH3 is 1. The summed E-state index contributed by atoms with van der Waals surface area (Å²) < 4.78 is 39.4. The Kier molecular flexibility index (Phi) is 7.04. The molecule has 3 aromatic rings. The Morgan fingerprint density at radius 1 is 1.00 bits per heavy atom. The zero-order chi connectivity index (χ0) is 24.1. The van der Waals surface area contributed by atoms with Crippen LogP contribution in [-0.2, 0) is 14.8 Å². The molecule has 0 aliphatic carbocycles. The predicted octanol–water partition coefficient (Wildman–Crippen LogP) is 3.89. The van der Waals surface area contributed by atoms with E-state index in [2.05, 4.69) is 14.9 Å². The van der Waals surface area contributed by atoms with Gasteiger partial charge in [0.2, 0.25) is 0 Å². The van der Waals surface area contributed by atoms with Gasteiger partial charge in [-0.1, -0.05) is 18.2 Å². The topological polar surface area (TPSA) is 97.0 Å². The van der Waals surface area contributed by atoms with E-state index in [1.165, 1.54) is 13.2 Å². The normalized spacial score (nSPS) is 13.9. The van der Waals surface area contributed by atoms with Crippen molar-refractivity contribution in [2.24, 2.45) is 0 Å². The molecule has 8 nitrogen and oxygen atoms in total. The smallest absolute Gasteiger partial charge is 0.262 e. The molecule has 1 saturated heterocycles. The van der Waals surface area contributed by atoms with Crippen molar-refractivity contribution in [2.75, 3.05) is 48.4 Å². The Hall–Kier alpha value is -3.56. The molecule has 2 N–H and O–H groups in total. The molecule has 0 radical (unpaired) electrons. The first-order valence-corrected chi connectivity index (χ1v) is 12.4. The van der Waals surface area contributed by atoms with Crippen LogP contribution in [0.15, 0.2) is 71.6 Å². The van der Waals surface area contributed by atoms with Gasteiger partial charge in [-0.05, 0) is 61.0 Å². The van der Waals surface area contributed by atoms with Gasteiger partial charge >= 0.3 is 0 Å². The number of nitrogens with zero attached hydrogens (tertiary/aromatic N) is 1. The Balaban J connectivity index is 1.51. The SMILES string of the molecule is COc1ccccc1NS(=O)(=O)c1cc(NC(=O)c2ccc(N3CCOCC3)cc2)ccc1C. The standard InChI is InChI=1S/C25H27N3O5S/c1-18-7-10-20(17-24(18)34(30,31)27-22-5-3-4-6-23(22)32-2)26-25(29)19-8-11-21(12-9-19)28-13-15-33-16-14-28/h3-12,17,27H,13-16H2,1-2H3,(H,26,29). The highest BCUT2D eigenvalue weighted by molar-refractivity contribution is 7.92. The van der Waals surface area contributed by atoms with Gasteiger partial charge in [0, 0.05) is 30.0 Å². The Morgan fingerprint density at radius 3 is 2.41 bits per heavy atom. The Labute approximate surface area is 199 Å². The van der Waals surface area contributed by atoms with Gasteiger partial charge in [-0.3, -0.25) is 9.52 Å². The fraction of sp³-hybridized carbons (Fsp3) is 0.240. The fourth-order valence-electron chi connectivity index (χ4n) is 3.74. The average molecular weight is 482 g/mol. The Morgan fingerprint density at radius 2 is 1.71 bits per heavy atom. The average Bonchev–Trinajstić information content (AvgIpc) is 2.86. The zero-order valence-corrected chi connectivity index (χ0v) is 19.9. The van der Waals surface area contributed by atoms with Gasteiger partial charge in [0.15, 0.2) is 0 Å². The third-order valence-corrected chi connectivity index (χ3v) is 7.10. The minimum absolute atomic E-state index is 0.0684. The van der Waals surface area contributed by atoms with E-state index in [0.29, 0.717) is 41.5 Å². The van der Waals surface area contributed by atoms with Crippen molar-refractivity contribution in [3.63, 3.8) is 0 Å². The Bertz CT molecular complexity index is 1270. The van der Waals surface area contributed by atoms with Crippen LogP contribution >= 0.6 is 0 Å². The molecule has 1 aliphatic rings. The molecule has 4 rings (SSSR count). The highest BCUT2D eigenvalue weighted by Gasteiger charge is 2.20. The third kappa shape index (κ3) is 5.32. The largest absolute Gasteiger partial charge is 0.495 e. The molecule has 0 saturated carbocycles. The van der Waals surface area contributed by atoms with Gasteiger partial charge in [0.05, 0.1) is 30.9 Å². The van der Waals surface area contributed by atoms with Gasteiger partial charge in [0.25, 0.3) is 15.9 Å². The summed E-state index contributed by atoms with van der Waals surface area (Å²) in [6.45, 7) is 4.70. The maximum absolute atomic E-state index is 13.1. The van der Waals surface area contributed by atoms with E-state index in [1.807, 2.05) is 12.1 Å². The molecule has 1 fully saturated rings. The van der Waals surface area contributed by atoms with Crippen molar-refractivity contribution in [3.8, 4) is 5.75 Å². The highest BCUT2D eigenvalue weighted by Crippen LogP contribution is 2.28. The molecule has 1 heterocycles. The predicted molar refractivity (Wildman–Crippen MR) is 132 cm³/mol. The third-order valence-electron chi connectivity index (χ3n) is 5.59. The van der Waals surface area contributed by atoms with Crippen molar-refractivity contribution in [1.29, 1.82) is 0 Å². The molecule has 0 bridgehead atoms. The van der Waals surface area contributed by atoms with E-state index in [9.17, 15) is 13.2 Å². The van der Waals surface area contributed by atoms with E-state index in [0.717, 1.165) is 18.8 Å². The summed E-state index contributed by atoms with van der Waals surface area (Å²) in [5, 5.41) is 2.79. The summed E-state index contributed by atoms with van der Waals surface area (Å²) in [6.07, 6.45) is 0. The summed E-state index contributed by atoms with van der Waals surface area (Å²) in [4.78, 5) is 15.1. The molecule has 178 valence electrons. The maximum atomic E-state index is 13.1. The lowest BCUT2D eigenvalue weighted by Crippen LogP contribution is -2.36. The summed E-state index contributed by atoms with van der Waals surface area (Å²) in [5.41, 5.74) is 2.78. The van der Waals surface area contributed by atoms with E-state index >= 15 is 0 Å². The lowest BCUT2D eigenvalue weighted by Gasteiger charge is -2.28. The van der Waals surface area contributed by atoms with Crippen molar-refractivity contribution in [1.82, 2.24) is 0 Å². The lowest BCUT2D eigenvalue weighted by molar-refractivity contribution is 0.102. The van der Waals surface area contributed by atoms with Gasteiger partial charge in [-0.25, -0.2) is 8.42 Å². The van der Waals surface area contributed by atoms with Crippen LogP contribution in [0.3, 0.4) is 0 Å². The first-order valence-electron chi connectivity index (χ1n) is 10.9. The van der Waals surface area contributed by atoms with E-state index in [1.54, 1.807) is 55.5 Å². The first kappa shape index (κ1) is 23.6. The van der Waals surface area contributed by atoms with Gasteiger partial charge in [0.1, 0.15) is 5.75 Å². The molecular formula is C25H27N3O5S. The van der Waals surface area contributed by atoms with Crippen molar-refractivity contribution >= 4 is 33.0 Å². The van der Waals surface area contributed by atoms with Crippen molar-refractivity contribution in [3.05, 3.63) is 77.9 Å². The van der Waals surface area contributed by atoms with Gasteiger partial charge in [-0.15, -0.1) is 0 Å². The highest BCUT2D eigenvalue weighted by atomic mass is 32.2. The number of carbonyl (C=O) groups is 1. The van der Waals surface area contributed by atoms with Crippen molar-refractivity contribution < 1.29 is 22.7 Å². The number of ether oxygens (including phenoxy) is 2. The number of anilines is 3. The minimum atomic E-state index is -3.91. The minimum Gasteiger partial charge on any atom is -0.495 e. The molecule has 1 aliphatic heterocycles. The number of hydrogen-bond acceptors (Lipinski definition) is 6. The maximum Gasteiger partial charge on any atom is 0.262 e. The number of para-hydroxylation sites is 2. The summed E-state index contributed by atoms with van der Waals surface area (Å²) in [6, 6.07) is 18.9. The summed E-state index contributed by atoms with van der Waals surface area (Å²) in [5.74, 6) is 0.0899. The molecule has 0 spiro atoms.